The molecule has 5 heteroatoms. The highest BCUT2D eigenvalue weighted by atomic mass is 16.6. The van der Waals surface area contributed by atoms with Crippen molar-refractivity contribution in [2.24, 2.45) is 0 Å². The molecule has 0 unspecified atom stereocenters. The molecule has 0 heterocycles. The third-order valence-electron chi connectivity index (χ3n) is 3.84. The van der Waals surface area contributed by atoms with Gasteiger partial charge < -0.3 is 14.8 Å². The van der Waals surface area contributed by atoms with Gasteiger partial charge in [0, 0.05) is 0 Å². The van der Waals surface area contributed by atoms with Crippen molar-refractivity contribution in [1.82, 2.24) is 5.32 Å². The Balaban J connectivity index is 1.93. The largest absolute Gasteiger partial charge is 0.467 e. The first-order valence-corrected chi connectivity index (χ1v) is 7.23. The Morgan fingerprint density at radius 3 is 2.43 bits per heavy atom. The normalized spacial score (nSPS) is 16.8. The van der Waals surface area contributed by atoms with Crippen LogP contribution in [0, 0.1) is 0 Å². The Labute approximate surface area is 124 Å². The van der Waals surface area contributed by atoms with Crippen molar-refractivity contribution in [3.8, 4) is 0 Å². The van der Waals surface area contributed by atoms with E-state index in [-0.39, 0.29) is 12.6 Å². The summed E-state index contributed by atoms with van der Waals surface area (Å²) in [5.74, 6) is -0.390. The first-order chi connectivity index (χ1) is 10.2. The number of hydrogen-bond acceptors (Lipinski definition) is 4. The van der Waals surface area contributed by atoms with E-state index in [1.807, 2.05) is 30.3 Å². The van der Waals surface area contributed by atoms with Crippen molar-refractivity contribution in [2.45, 2.75) is 44.2 Å². The van der Waals surface area contributed by atoms with Gasteiger partial charge in [-0.05, 0) is 18.4 Å². The molecule has 1 saturated carbocycles. The molecule has 1 aliphatic rings. The third kappa shape index (κ3) is 3.97. The highest BCUT2D eigenvalue weighted by Gasteiger charge is 2.42. The minimum absolute atomic E-state index is 0.184. The first kappa shape index (κ1) is 15.4. The molecule has 0 spiro atoms. The van der Waals surface area contributed by atoms with E-state index in [0.717, 1.165) is 24.8 Å². The topological polar surface area (TPSA) is 64.6 Å². The molecule has 1 fully saturated rings. The molecule has 114 valence electrons. The van der Waals surface area contributed by atoms with E-state index < -0.39 is 11.6 Å². The summed E-state index contributed by atoms with van der Waals surface area (Å²) in [7, 11) is 1.34. The number of amides is 1. The Morgan fingerprint density at radius 2 is 1.81 bits per heavy atom. The second-order valence-electron chi connectivity index (χ2n) is 5.32. The van der Waals surface area contributed by atoms with Gasteiger partial charge >= 0.3 is 12.1 Å². The molecule has 5 nitrogen and oxygen atoms in total. The number of alkyl carbamates (subject to hydrolysis) is 1. The van der Waals surface area contributed by atoms with Crippen LogP contribution in [-0.2, 0) is 20.9 Å². The summed E-state index contributed by atoms with van der Waals surface area (Å²) >= 11 is 0. The van der Waals surface area contributed by atoms with Gasteiger partial charge in [0.15, 0.2) is 0 Å². The van der Waals surface area contributed by atoms with E-state index in [1.54, 1.807) is 0 Å². The standard InChI is InChI=1S/C16H21NO4/c1-20-14(18)16(10-6-3-7-11-16)17-15(19)21-12-13-8-4-2-5-9-13/h2,4-5,8-9H,3,6-7,10-12H2,1H3,(H,17,19). The zero-order valence-electron chi connectivity index (χ0n) is 12.3. The van der Waals surface area contributed by atoms with Crippen LogP contribution in [0.4, 0.5) is 4.79 Å². The second kappa shape index (κ2) is 7.11. The Morgan fingerprint density at radius 1 is 1.14 bits per heavy atom. The van der Waals surface area contributed by atoms with Crippen molar-refractivity contribution in [3.63, 3.8) is 0 Å². The van der Waals surface area contributed by atoms with Crippen LogP contribution in [0.3, 0.4) is 0 Å². The quantitative estimate of drug-likeness (QED) is 0.866. The number of rotatable bonds is 4. The van der Waals surface area contributed by atoms with E-state index in [4.69, 9.17) is 9.47 Å². The summed E-state index contributed by atoms with van der Waals surface area (Å²) in [5.41, 5.74) is -0.0239. The molecule has 2 rings (SSSR count). The molecule has 21 heavy (non-hydrogen) atoms. The highest BCUT2D eigenvalue weighted by molar-refractivity contribution is 5.85. The molecule has 0 bridgehead atoms. The zero-order chi connectivity index (χ0) is 15.1. The van der Waals surface area contributed by atoms with Crippen LogP contribution < -0.4 is 5.32 Å². The van der Waals surface area contributed by atoms with Crippen LogP contribution in [-0.4, -0.2) is 24.7 Å². The van der Waals surface area contributed by atoms with Gasteiger partial charge in [-0.2, -0.15) is 0 Å². The van der Waals surface area contributed by atoms with E-state index in [0.29, 0.717) is 12.8 Å². The lowest BCUT2D eigenvalue weighted by atomic mass is 9.82. The van der Waals surface area contributed by atoms with Crippen LogP contribution in [0.2, 0.25) is 0 Å². The molecule has 1 N–H and O–H groups in total. The number of benzene rings is 1. The molecule has 0 aliphatic heterocycles. The van der Waals surface area contributed by atoms with E-state index >= 15 is 0 Å². The molecular formula is C16H21NO4. The Bertz CT molecular complexity index is 480. The lowest BCUT2D eigenvalue weighted by molar-refractivity contribution is -0.149. The van der Waals surface area contributed by atoms with E-state index in [9.17, 15) is 9.59 Å². The minimum Gasteiger partial charge on any atom is -0.467 e. The Hall–Kier alpha value is -2.04. The van der Waals surface area contributed by atoms with Gasteiger partial charge in [-0.3, -0.25) is 0 Å². The summed E-state index contributed by atoms with van der Waals surface area (Å²) in [5, 5.41) is 2.72. The zero-order valence-corrected chi connectivity index (χ0v) is 12.3. The van der Waals surface area contributed by atoms with Crippen LogP contribution >= 0.6 is 0 Å². The second-order valence-corrected chi connectivity index (χ2v) is 5.32. The first-order valence-electron chi connectivity index (χ1n) is 7.23. The van der Waals surface area contributed by atoms with Crippen molar-refractivity contribution >= 4 is 12.1 Å². The van der Waals surface area contributed by atoms with Gasteiger partial charge in [0.1, 0.15) is 12.1 Å². The Kier molecular flexibility index (Phi) is 5.20. The smallest absolute Gasteiger partial charge is 0.408 e. The van der Waals surface area contributed by atoms with Gasteiger partial charge in [0.05, 0.1) is 7.11 Å². The van der Waals surface area contributed by atoms with E-state index in [1.165, 1.54) is 7.11 Å². The van der Waals surface area contributed by atoms with Crippen molar-refractivity contribution < 1.29 is 19.1 Å². The lowest BCUT2D eigenvalue weighted by Gasteiger charge is -2.34. The average Bonchev–Trinajstić information content (AvgIpc) is 2.54. The predicted octanol–water partition coefficient (Wildman–Crippen LogP) is 2.79. The minimum atomic E-state index is -0.930. The predicted molar refractivity (Wildman–Crippen MR) is 77.6 cm³/mol. The summed E-state index contributed by atoms with van der Waals surface area (Å²) in [6.45, 7) is 0.184. The summed E-state index contributed by atoms with van der Waals surface area (Å²) in [6, 6.07) is 9.42. The molecular weight excluding hydrogens is 270 g/mol. The highest BCUT2D eigenvalue weighted by Crippen LogP contribution is 2.29. The van der Waals surface area contributed by atoms with Gasteiger partial charge in [0.25, 0.3) is 0 Å². The fourth-order valence-electron chi connectivity index (χ4n) is 2.69. The average molecular weight is 291 g/mol. The summed E-state index contributed by atoms with van der Waals surface area (Å²) in [6.07, 6.45) is 3.48. The van der Waals surface area contributed by atoms with E-state index in [2.05, 4.69) is 5.32 Å². The molecule has 0 saturated heterocycles. The van der Waals surface area contributed by atoms with Crippen LogP contribution in [0.1, 0.15) is 37.7 Å². The number of nitrogens with one attached hydrogen (secondary N) is 1. The number of hydrogen-bond donors (Lipinski definition) is 1. The van der Waals surface area contributed by atoms with Crippen LogP contribution in [0.25, 0.3) is 0 Å². The van der Waals surface area contributed by atoms with Gasteiger partial charge in [-0.15, -0.1) is 0 Å². The fraction of sp³-hybridized carbons (Fsp3) is 0.500. The molecule has 1 aromatic carbocycles. The van der Waals surface area contributed by atoms with Crippen LogP contribution in [0.15, 0.2) is 30.3 Å². The number of methoxy groups -OCH3 is 1. The van der Waals surface area contributed by atoms with Gasteiger partial charge in [0.2, 0.25) is 0 Å². The molecule has 1 aliphatic carbocycles. The summed E-state index contributed by atoms with van der Waals surface area (Å²) in [4.78, 5) is 24.0. The monoisotopic (exact) mass is 291 g/mol. The maximum atomic E-state index is 12.0. The number of carbonyl (C=O) groups is 2. The van der Waals surface area contributed by atoms with Crippen molar-refractivity contribution in [2.75, 3.05) is 7.11 Å². The molecule has 1 aromatic rings. The number of carbonyl (C=O) groups excluding carboxylic acids is 2. The SMILES string of the molecule is COC(=O)C1(NC(=O)OCc2ccccc2)CCCCC1. The van der Waals surface area contributed by atoms with Crippen molar-refractivity contribution in [3.05, 3.63) is 35.9 Å². The van der Waals surface area contributed by atoms with Crippen molar-refractivity contribution in [1.29, 1.82) is 0 Å². The van der Waals surface area contributed by atoms with Crippen LogP contribution in [0.5, 0.6) is 0 Å². The van der Waals surface area contributed by atoms with Gasteiger partial charge in [-0.25, -0.2) is 9.59 Å². The lowest BCUT2D eigenvalue weighted by Crippen LogP contribution is -2.56. The molecule has 0 aromatic heterocycles. The maximum Gasteiger partial charge on any atom is 0.408 e. The number of esters is 1. The molecule has 1 amide bonds. The maximum absolute atomic E-state index is 12.0. The number of ether oxygens (including phenoxy) is 2. The third-order valence-corrected chi connectivity index (χ3v) is 3.84. The summed E-state index contributed by atoms with van der Waals surface area (Å²) < 4.78 is 10.0. The molecule has 0 radical (unpaired) electrons. The fourth-order valence-corrected chi connectivity index (χ4v) is 2.69. The molecule has 0 atom stereocenters. The van der Waals surface area contributed by atoms with Gasteiger partial charge in [-0.1, -0.05) is 49.6 Å².